The van der Waals surface area contributed by atoms with Crippen molar-refractivity contribution in [3.63, 3.8) is 0 Å². The SMILES string of the molecule is COc1cc2c(cc1O)[C@H]1COc3ccccc3[C@H]1O2. The van der Waals surface area contributed by atoms with E-state index >= 15 is 0 Å². The van der Waals surface area contributed by atoms with Gasteiger partial charge in [-0.3, -0.25) is 0 Å². The Hall–Kier alpha value is -2.36. The number of phenols is 1. The number of aromatic hydroxyl groups is 1. The smallest absolute Gasteiger partial charge is 0.164 e. The van der Waals surface area contributed by atoms with E-state index in [-0.39, 0.29) is 17.8 Å². The predicted molar refractivity (Wildman–Crippen MR) is 72.7 cm³/mol. The summed E-state index contributed by atoms with van der Waals surface area (Å²) in [6.07, 6.45) is -0.0542. The van der Waals surface area contributed by atoms with Gasteiger partial charge in [0.25, 0.3) is 0 Å². The molecule has 4 nitrogen and oxygen atoms in total. The molecule has 0 saturated heterocycles. The van der Waals surface area contributed by atoms with Gasteiger partial charge in [-0.1, -0.05) is 18.2 Å². The molecule has 2 aliphatic rings. The highest BCUT2D eigenvalue weighted by atomic mass is 16.5. The third kappa shape index (κ3) is 1.48. The summed E-state index contributed by atoms with van der Waals surface area (Å²) in [6.45, 7) is 0.556. The standard InChI is InChI=1S/C16H14O4/c1-18-15-7-14-10(6-12(15)17)11-8-19-13-5-3-2-4-9(13)16(11)20-14/h2-7,11,16-17H,8H2,1H3/t11-,16-/m1/s1. The summed E-state index contributed by atoms with van der Waals surface area (Å²) >= 11 is 0. The average Bonchev–Trinajstić information content (AvgIpc) is 2.84. The van der Waals surface area contributed by atoms with E-state index in [0.717, 1.165) is 22.6 Å². The minimum Gasteiger partial charge on any atom is -0.504 e. The van der Waals surface area contributed by atoms with Crippen LogP contribution in [0.2, 0.25) is 0 Å². The Morgan fingerprint density at radius 1 is 1.15 bits per heavy atom. The van der Waals surface area contributed by atoms with Crippen LogP contribution in [0.25, 0.3) is 0 Å². The maximum absolute atomic E-state index is 9.94. The summed E-state index contributed by atoms with van der Waals surface area (Å²) in [6, 6.07) is 11.4. The van der Waals surface area contributed by atoms with Crippen LogP contribution >= 0.6 is 0 Å². The van der Waals surface area contributed by atoms with Crippen LogP contribution in [0.15, 0.2) is 36.4 Å². The minimum absolute atomic E-state index is 0.0542. The molecule has 0 aliphatic carbocycles. The molecule has 20 heavy (non-hydrogen) atoms. The van der Waals surface area contributed by atoms with Crippen molar-refractivity contribution in [2.24, 2.45) is 0 Å². The van der Waals surface area contributed by atoms with Gasteiger partial charge in [0, 0.05) is 17.2 Å². The molecule has 0 unspecified atom stereocenters. The number of ether oxygens (including phenoxy) is 3. The van der Waals surface area contributed by atoms with Gasteiger partial charge in [0.15, 0.2) is 11.5 Å². The molecular formula is C16H14O4. The van der Waals surface area contributed by atoms with E-state index in [1.807, 2.05) is 24.3 Å². The molecule has 1 N–H and O–H groups in total. The summed E-state index contributed by atoms with van der Waals surface area (Å²) < 4.78 is 17.0. The number of hydrogen-bond donors (Lipinski definition) is 1. The van der Waals surface area contributed by atoms with Crippen LogP contribution in [0.5, 0.6) is 23.0 Å². The Labute approximate surface area is 116 Å². The molecule has 2 atom stereocenters. The molecule has 102 valence electrons. The molecule has 0 aromatic heterocycles. The Morgan fingerprint density at radius 3 is 2.85 bits per heavy atom. The van der Waals surface area contributed by atoms with Crippen LogP contribution < -0.4 is 14.2 Å². The number of hydrogen-bond acceptors (Lipinski definition) is 4. The molecule has 0 saturated carbocycles. The number of rotatable bonds is 1. The van der Waals surface area contributed by atoms with Crippen LogP contribution in [-0.4, -0.2) is 18.8 Å². The summed E-state index contributed by atoms with van der Waals surface area (Å²) in [7, 11) is 1.53. The topological polar surface area (TPSA) is 47.9 Å². The first-order valence-electron chi connectivity index (χ1n) is 6.57. The summed E-state index contributed by atoms with van der Waals surface area (Å²) in [5.41, 5.74) is 2.03. The van der Waals surface area contributed by atoms with E-state index in [2.05, 4.69) is 0 Å². The van der Waals surface area contributed by atoms with Gasteiger partial charge in [-0.25, -0.2) is 0 Å². The third-order valence-corrected chi connectivity index (χ3v) is 3.97. The molecule has 2 aromatic carbocycles. The molecular weight excluding hydrogens is 256 g/mol. The second-order valence-corrected chi connectivity index (χ2v) is 5.06. The fraction of sp³-hybridized carbons (Fsp3) is 0.250. The summed E-state index contributed by atoms with van der Waals surface area (Å²) in [4.78, 5) is 0. The van der Waals surface area contributed by atoms with Gasteiger partial charge >= 0.3 is 0 Å². The largest absolute Gasteiger partial charge is 0.504 e. The fourth-order valence-electron chi connectivity index (χ4n) is 2.99. The van der Waals surface area contributed by atoms with Crippen molar-refractivity contribution in [2.75, 3.05) is 13.7 Å². The van der Waals surface area contributed by atoms with Crippen LogP contribution in [-0.2, 0) is 0 Å². The third-order valence-electron chi connectivity index (χ3n) is 3.97. The van der Waals surface area contributed by atoms with Gasteiger partial charge in [-0.05, 0) is 12.1 Å². The predicted octanol–water partition coefficient (Wildman–Crippen LogP) is 3.01. The zero-order valence-electron chi connectivity index (χ0n) is 11.0. The van der Waals surface area contributed by atoms with E-state index in [1.54, 1.807) is 12.1 Å². The lowest BCUT2D eigenvalue weighted by Crippen LogP contribution is -2.22. The minimum atomic E-state index is -0.0542. The van der Waals surface area contributed by atoms with E-state index in [4.69, 9.17) is 14.2 Å². The monoisotopic (exact) mass is 270 g/mol. The van der Waals surface area contributed by atoms with Crippen molar-refractivity contribution in [1.82, 2.24) is 0 Å². The number of fused-ring (bicyclic) bond motifs is 5. The molecule has 0 fully saturated rings. The Bertz CT molecular complexity index is 680. The zero-order valence-corrected chi connectivity index (χ0v) is 11.0. The van der Waals surface area contributed by atoms with Crippen LogP contribution in [0.1, 0.15) is 23.1 Å². The summed E-state index contributed by atoms with van der Waals surface area (Å²) in [5, 5.41) is 9.94. The van der Waals surface area contributed by atoms with Gasteiger partial charge in [-0.2, -0.15) is 0 Å². The normalized spacial score (nSPS) is 22.1. The molecule has 2 heterocycles. The second-order valence-electron chi connectivity index (χ2n) is 5.06. The molecule has 2 aromatic rings. The van der Waals surface area contributed by atoms with Crippen LogP contribution in [0, 0.1) is 0 Å². The summed E-state index contributed by atoms with van der Waals surface area (Å²) in [5.74, 6) is 2.30. The number of methoxy groups -OCH3 is 1. The molecule has 0 radical (unpaired) electrons. The first-order chi connectivity index (χ1) is 9.78. The van der Waals surface area contributed by atoms with Crippen molar-refractivity contribution in [3.05, 3.63) is 47.5 Å². The molecule has 2 aliphatic heterocycles. The average molecular weight is 270 g/mol. The molecule has 0 amide bonds. The lowest BCUT2D eigenvalue weighted by molar-refractivity contribution is 0.139. The van der Waals surface area contributed by atoms with E-state index in [0.29, 0.717) is 12.4 Å². The Balaban J connectivity index is 1.81. The van der Waals surface area contributed by atoms with Gasteiger partial charge in [0.05, 0.1) is 19.6 Å². The second kappa shape index (κ2) is 4.07. The Kier molecular flexibility index (Phi) is 2.33. The fourth-order valence-corrected chi connectivity index (χ4v) is 2.99. The highest BCUT2D eigenvalue weighted by molar-refractivity contribution is 5.56. The van der Waals surface area contributed by atoms with Crippen molar-refractivity contribution < 1.29 is 19.3 Å². The first-order valence-corrected chi connectivity index (χ1v) is 6.57. The molecule has 0 spiro atoms. The van der Waals surface area contributed by atoms with Gasteiger partial charge in [-0.15, -0.1) is 0 Å². The van der Waals surface area contributed by atoms with Crippen molar-refractivity contribution in [1.29, 1.82) is 0 Å². The van der Waals surface area contributed by atoms with E-state index in [9.17, 15) is 5.11 Å². The van der Waals surface area contributed by atoms with Gasteiger partial charge in [0.1, 0.15) is 17.6 Å². The number of para-hydroxylation sites is 1. The van der Waals surface area contributed by atoms with Crippen molar-refractivity contribution in [3.8, 4) is 23.0 Å². The molecule has 4 rings (SSSR count). The van der Waals surface area contributed by atoms with Crippen LogP contribution in [0.3, 0.4) is 0 Å². The molecule has 4 heteroatoms. The lowest BCUT2D eigenvalue weighted by Gasteiger charge is -2.27. The maximum Gasteiger partial charge on any atom is 0.164 e. The van der Waals surface area contributed by atoms with Crippen LogP contribution in [0.4, 0.5) is 0 Å². The Morgan fingerprint density at radius 2 is 2.00 bits per heavy atom. The van der Waals surface area contributed by atoms with E-state index < -0.39 is 0 Å². The highest BCUT2D eigenvalue weighted by Crippen LogP contribution is 2.53. The van der Waals surface area contributed by atoms with Gasteiger partial charge < -0.3 is 19.3 Å². The lowest BCUT2D eigenvalue weighted by atomic mass is 9.89. The van der Waals surface area contributed by atoms with Crippen molar-refractivity contribution in [2.45, 2.75) is 12.0 Å². The zero-order chi connectivity index (χ0) is 13.7. The number of benzene rings is 2. The first kappa shape index (κ1) is 11.5. The maximum atomic E-state index is 9.94. The van der Waals surface area contributed by atoms with E-state index in [1.165, 1.54) is 7.11 Å². The molecule has 0 bridgehead atoms. The highest BCUT2D eigenvalue weighted by Gasteiger charge is 2.41. The van der Waals surface area contributed by atoms with Crippen molar-refractivity contribution >= 4 is 0 Å². The quantitative estimate of drug-likeness (QED) is 0.865. The number of phenolic OH excluding ortho intramolecular Hbond substituents is 1. The van der Waals surface area contributed by atoms with Gasteiger partial charge in [0.2, 0.25) is 0 Å².